The Hall–Kier alpha value is -4.96. The summed E-state index contributed by atoms with van der Waals surface area (Å²) >= 11 is 0. The normalized spacial score (nSPS) is 19.0. The van der Waals surface area contributed by atoms with E-state index >= 15 is 0 Å². The maximum atomic E-state index is 7.65. The molecule has 10 rings (SSSR count). The molecule has 318 valence electrons. The van der Waals surface area contributed by atoms with Crippen LogP contribution in [0.4, 0.5) is 34.3 Å². The minimum atomic E-state index is -0.104. The molecule has 1 aromatic heterocycles. The standard InChI is InChI=1S/C58H67BN2O/c1-53(2,3)38-21-18-22-40(33-38)60-45-34-39(54(4,5)6)23-26-44(45)59-49-46(60)31-37(36-19-16-15-17-20-36)32-47(49)61(41-24-25-42-43(35-41)56(9,10)28-27-55(42,7)8)52-50(59)48-51(62-52)58(13,14)30-29-57(48,11)12/h15-26,31-35H,27-30H2,1-14H3. The van der Waals surface area contributed by atoms with Crippen molar-refractivity contribution in [3.63, 3.8) is 0 Å². The van der Waals surface area contributed by atoms with Crippen LogP contribution in [0.5, 0.6) is 0 Å². The van der Waals surface area contributed by atoms with Gasteiger partial charge in [-0.3, -0.25) is 4.90 Å². The minimum absolute atomic E-state index is 0.00946. The Morgan fingerprint density at radius 2 is 1.08 bits per heavy atom. The molecule has 4 aliphatic rings. The van der Waals surface area contributed by atoms with Crippen LogP contribution in [0.2, 0.25) is 0 Å². The van der Waals surface area contributed by atoms with Gasteiger partial charge in [-0.25, -0.2) is 0 Å². The Morgan fingerprint density at radius 3 is 1.76 bits per heavy atom. The van der Waals surface area contributed by atoms with Gasteiger partial charge in [0, 0.05) is 33.9 Å². The zero-order chi connectivity index (χ0) is 44.1. The second-order valence-corrected chi connectivity index (χ2v) is 24.0. The fourth-order valence-corrected chi connectivity index (χ4v) is 11.5. The molecular formula is C58H67BN2O. The molecule has 3 nitrogen and oxygen atoms in total. The van der Waals surface area contributed by atoms with Crippen molar-refractivity contribution in [2.75, 3.05) is 9.80 Å². The maximum absolute atomic E-state index is 7.65. The van der Waals surface area contributed by atoms with E-state index in [1.807, 2.05) is 0 Å². The molecule has 0 fully saturated rings. The van der Waals surface area contributed by atoms with Crippen LogP contribution in [0.15, 0.2) is 108 Å². The maximum Gasteiger partial charge on any atom is 0.256 e. The molecule has 0 saturated heterocycles. The molecule has 0 unspecified atom stereocenters. The summed E-state index contributed by atoms with van der Waals surface area (Å²) in [5.74, 6) is 2.16. The molecule has 0 atom stereocenters. The van der Waals surface area contributed by atoms with E-state index in [4.69, 9.17) is 4.42 Å². The first kappa shape index (κ1) is 41.1. The summed E-state index contributed by atoms with van der Waals surface area (Å²) in [6, 6.07) is 40.1. The lowest BCUT2D eigenvalue weighted by molar-refractivity contribution is 0.280. The Morgan fingerprint density at radius 1 is 0.484 bits per heavy atom. The molecule has 0 amide bonds. The van der Waals surface area contributed by atoms with E-state index in [1.165, 1.54) is 90.2 Å². The van der Waals surface area contributed by atoms with E-state index in [9.17, 15) is 0 Å². The molecule has 4 heteroatoms. The van der Waals surface area contributed by atoms with Gasteiger partial charge < -0.3 is 9.32 Å². The SMILES string of the molecule is CC(C)(C)c1cccc(N2c3cc(C(C)(C)C)ccc3B3c4c2cc(-c2ccccc2)cc4N(c2ccc4c(c2)C(C)(C)CCC4(C)C)c2oc4c(c23)C(C)(C)CCC4(C)C)c1. The predicted octanol–water partition coefficient (Wildman–Crippen LogP) is 14.3. The van der Waals surface area contributed by atoms with E-state index in [1.54, 1.807) is 0 Å². The molecule has 0 bridgehead atoms. The van der Waals surface area contributed by atoms with Crippen molar-refractivity contribution in [3.8, 4) is 11.1 Å². The number of rotatable bonds is 3. The zero-order valence-corrected chi connectivity index (χ0v) is 40.0. The fraction of sp³-hybridized carbons (Fsp3) is 0.414. The van der Waals surface area contributed by atoms with E-state index in [-0.39, 0.29) is 39.2 Å². The van der Waals surface area contributed by atoms with Crippen molar-refractivity contribution in [1.29, 1.82) is 0 Å². The van der Waals surface area contributed by atoms with Crippen molar-refractivity contribution in [1.82, 2.24) is 0 Å². The number of furan rings is 1. The van der Waals surface area contributed by atoms with Crippen molar-refractivity contribution in [2.24, 2.45) is 0 Å². The van der Waals surface area contributed by atoms with E-state index < -0.39 is 0 Å². The number of hydrogen-bond acceptors (Lipinski definition) is 3. The first-order valence-corrected chi connectivity index (χ1v) is 23.4. The highest BCUT2D eigenvalue weighted by atomic mass is 16.4. The smallest absolute Gasteiger partial charge is 0.256 e. The van der Waals surface area contributed by atoms with Crippen LogP contribution in [0, 0.1) is 0 Å². The second-order valence-electron chi connectivity index (χ2n) is 24.0. The first-order valence-electron chi connectivity index (χ1n) is 23.4. The lowest BCUT2D eigenvalue weighted by Gasteiger charge is -2.45. The Bertz CT molecular complexity index is 2790. The molecule has 0 saturated carbocycles. The molecule has 62 heavy (non-hydrogen) atoms. The van der Waals surface area contributed by atoms with Gasteiger partial charge in [0.25, 0.3) is 6.71 Å². The highest BCUT2D eigenvalue weighted by Gasteiger charge is 2.53. The van der Waals surface area contributed by atoms with Gasteiger partial charge >= 0.3 is 0 Å². The number of nitrogens with zero attached hydrogens (tertiary/aromatic N) is 2. The summed E-state index contributed by atoms with van der Waals surface area (Å²) in [7, 11) is 0. The average Bonchev–Trinajstić information content (AvgIpc) is 3.64. The van der Waals surface area contributed by atoms with Crippen LogP contribution in [0.25, 0.3) is 11.1 Å². The van der Waals surface area contributed by atoms with Crippen molar-refractivity contribution in [3.05, 3.63) is 137 Å². The van der Waals surface area contributed by atoms with Gasteiger partial charge in [0.05, 0.1) is 0 Å². The summed E-state index contributed by atoms with van der Waals surface area (Å²) in [6.07, 6.45) is 4.55. The van der Waals surface area contributed by atoms with Gasteiger partial charge in [-0.1, -0.05) is 158 Å². The van der Waals surface area contributed by atoms with Gasteiger partial charge in [-0.05, 0) is 151 Å². The summed E-state index contributed by atoms with van der Waals surface area (Å²) in [5, 5.41) is 0. The molecule has 2 aliphatic heterocycles. The van der Waals surface area contributed by atoms with Crippen LogP contribution in [-0.2, 0) is 32.5 Å². The fourth-order valence-electron chi connectivity index (χ4n) is 11.5. The summed E-state index contributed by atoms with van der Waals surface area (Å²) in [5.41, 5.74) is 19.5. The Labute approximate surface area is 373 Å². The van der Waals surface area contributed by atoms with Crippen molar-refractivity contribution < 1.29 is 4.42 Å². The van der Waals surface area contributed by atoms with Gasteiger partial charge in [0.1, 0.15) is 5.76 Å². The highest BCUT2D eigenvalue weighted by molar-refractivity contribution is 7.00. The predicted molar refractivity (Wildman–Crippen MR) is 266 cm³/mol. The van der Waals surface area contributed by atoms with Crippen LogP contribution < -0.4 is 26.2 Å². The van der Waals surface area contributed by atoms with Crippen molar-refractivity contribution >= 4 is 57.4 Å². The highest BCUT2D eigenvalue weighted by Crippen LogP contribution is 2.55. The quantitative estimate of drug-likeness (QED) is 0.166. The third kappa shape index (κ3) is 6.20. The number of hydrogen-bond donors (Lipinski definition) is 0. The molecule has 0 radical (unpaired) electrons. The molecular weight excluding hydrogens is 751 g/mol. The lowest BCUT2D eigenvalue weighted by Crippen LogP contribution is -2.62. The monoisotopic (exact) mass is 819 g/mol. The van der Waals surface area contributed by atoms with Gasteiger partial charge in [0.2, 0.25) is 0 Å². The molecule has 5 aromatic carbocycles. The van der Waals surface area contributed by atoms with Crippen LogP contribution in [0.1, 0.15) is 156 Å². The summed E-state index contributed by atoms with van der Waals surface area (Å²) < 4.78 is 7.65. The molecule has 0 N–H and O–H groups in total. The average molecular weight is 819 g/mol. The first-order chi connectivity index (χ1) is 29.0. The zero-order valence-electron chi connectivity index (χ0n) is 40.0. The molecule has 6 aromatic rings. The van der Waals surface area contributed by atoms with E-state index in [0.717, 1.165) is 30.9 Å². The number of benzene rings is 5. The largest absolute Gasteiger partial charge is 0.444 e. The van der Waals surface area contributed by atoms with Crippen LogP contribution in [0.3, 0.4) is 0 Å². The van der Waals surface area contributed by atoms with Gasteiger partial charge in [-0.15, -0.1) is 0 Å². The topological polar surface area (TPSA) is 19.6 Å². The van der Waals surface area contributed by atoms with E-state index in [2.05, 4.69) is 210 Å². The van der Waals surface area contributed by atoms with Crippen LogP contribution in [-0.4, -0.2) is 6.71 Å². The van der Waals surface area contributed by atoms with Crippen molar-refractivity contribution in [2.45, 2.75) is 155 Å². The lowest BCUT2D eigenvalue weighted by atomic mass is 9.32. The molecule has 0 spiro atoms. The Balaban J connectivity index is 1.37. The minimum Gasteiger partial charge on any atom is -0.444 e. The van der Waals surface area contributed by atoms with Gasteiger partial charge in [0.15, 0.2) is 5.88 Å². The summed E-state index contributed by atoms with van der Waals surface area (Å²) in [4.78, 5) is 5.17. The summed E-state index contributed by atoms with van der Waals surface area (Å²) in [6.45, 7) is 33.5. The van der Waals surface area contributed by atoms with E-state index in [0.29, 0.717) is 0 Å². The third-order valence-corrected chi connectivity index (χ3v) is 15.6. The number of anilines is 6. The third-order valence-electron chi connectivity index (χ3n) is 15.6. The van der Waals surface area contributed by atoms with Crippen LogP contribution >= 0.6 is 0 Å². The number of fused-ring (bicyclic) bond motifs is 7. The second kappa shape index (κ2) is 13.3. The molecule has 3 heterocycles. The Kier molecular flexibility index (Phi) is 8.80. The molecule has 2 aliphatic carbocycles. The van der Waals surface area contributed by atoms with Gasteiger partial charge in [-0.2, -0.15) is 0 Å².